The summed E-state index contributed by atoms with van der Waals surface area (Å²) in [6, 6.07) is 3.41. The minimum Gasteiger partial charge on any atom is -0.480 e. The molecule has 3 rings (SSSR count). The van der Waals surface area contributed by atoms with Gasteiger partial charge in [0.2, 0.25) is 5.91 Å². The third-order valence-corrected chi connectivity index (χ3v) is 5.43. The molecule has 0 unspecified atom stereocenters. The number of likely N-dealkylation sites (tertiary alicyclic amines) is 2. The quantitative estimate of drug-likeness (QED) is 0.909. The predicted octanol–water partition coefficient (Wildman–Crippen LogP) is 2.59. The second kappa shape index (κ2) is 7.52. The maximum atomic E-state index is 13.6. The van der Waals surface area contributed by atoms with E-state index in [1.165, 1.54) is 12.1 Å². The number of carboxylic acids is 1. The summed E-state index contributed by atoms with van der Waals surface area (Å²) in [7, 11) is 0. The molecule has 0 aromatic heterocycles. The molecule has 2 aliphatic rings. The molecule has 0 bridgehead atoms. The van der Waals surface area contributed by atoms with Crippen LogP contribution in [-0.2, 0) is 9.59 Å². The van der Waals surface area contributed by atoms with Gasteiger partial charge in [0, 0.05) is 32.1 Å². The van der Waals surface area contributed by atoms with Gasteiger partial charge in [0.15, 0.2) is 0 Å². The fourth-order valence-corrected chi connectivity index (χ4v) is 3.99. The van der Waals surface area contributed by atoms with Crippen LogP contribution in [0.3, 0.4) is 0 Å². The Balaban J connectivity index is 1.70. The molecule has 0 aliphatic carbocycles. The number of amides is 1. The number of carbonyl (C=O) groups is 2. The van der Waals surface area contributed by atoms with Crippen molar-refractivity contribution in [2.45, 2.75) is 38.6 Å². The van der Waals surface area contributed by atoms with Crippen LogP contribution in [0.1, 0.15) is 42.9 Å². The van der Waals surface area contributed by atoms with E-state index in [1.807, 2.05) is 9.80 Å². The highest BCUT2D eigenvalue weighted by Gasteiger charge is 2.35. The van der Waals surface area contributed by atoms with Crippen LogP contribution < -0.4 is 0 Å². The number of nitrogens with zero attached hydrogens (tertiary/aromatic N) is 2. The summed E-state index contributed by atoms with van der Waals surface area (Å²) in [4.78, 5) is 28.2. The molecule has 1 atom stereocenters. The van der Waals surface area contributed by atoms with E-state index in [1.54, 1.807) is 13.0 Å². The molecule has 1 N–H and O–H groups in total. The first kappa shape index (κ1) is 17.9. The number of rotatable bonds is 4. The Bertz CT molecular complexity index is 650. The molecule has 5 nitrogen and oxygen atoms in total. The van der Waals surface area contributed by atoms with Crippen molar-refractivity contribution in [2.24, 2.45) is 5.92 Å². The standard InChI is InChI=1S/C19H25FN2O3/c1-13-4-5-15(20)12-16(13)17(19(24)25)21-10-6-14(7-11-21)18(23)22-8-2-3-9-22/h4-5,12,14,17H,2-3,6-11H2,1H3,(H,24,25)/t17-/m1/s1. The van der Waals surface area contributed by atoms with Crippen molar-refractivity contribution in [1.29, 1.82) is 0 Å². The van der Waals surface area contributed by atoms with Crippen LogP contribution in [0.5, 0.6) is 0 Å². The Morgan fingerprint density at radius 2 is 1.80 bits per heavy atom. The minimum absolute atomic E-state index is 0.0163. The molecule has 2 saturated heterocycles. The molecule has 136 valence electrons. The molecule has 1 amide bonds. The van der Waals surface area contributed by atoms with Gasteiger partial charge in [-0.15, -0.1) is 0 Å². The van der Waals surface area contributed by atoms with Crippen molar-refractivity contribution < 1.29 is 19.1 Å². The van der Waals surface area contributed by atoms with Crippen LogP contribution in [0.25, 0.3) is 0 Å². The summed E-state index contributed by atoms with van der Waals surface area (Å²) in [6.07, 6.45) is 3.47. The van der Waals surface area contributed by atoms with Gasteiger partial charge in [-0.1, -0.05) is 6.07 Å². The monoisotopic (exact) mass is 348 g/mol. The van der Waals surface area contributed by atoms with Gasteiger partial charge in [-0.05, 0) is 55.9 Å². The van der Waals surface area contributed by atoms with E-state index in [9.17, 15) is 19.1 Å². The molecule has 2 fully saturated rings. The van der Waals surface area contributed by atoms with Crippen molar-refractivity contribution in [3.05, 3.63) is 35.1 Å². The zero-order valence-electron chi connectivity index (χ0n) is 14.6. The molecule has 25 heavy (non-hydrogen) atoms. The molecule has 0 saturated carbocycles. The number of piperidine rings is 1. The summed E-state index contributed by atoms with van der Waals surface area (Å²) in [6.45, 7) is 4.57. The fraction of sp³-hybridized carbons (Fsp3) is 0.579. The molecule has 2 heterocycles. The van der Waals surface area contributed by atoms with Crippen molar-refractivity contribution in [2.75, 3.05) is 26.2 Å². The van der Waals surface area contributed by atoms with Crippen molar-refractivity contribution >= 4 is 11.9 Å². The van der Waals surface area contributed by atoms with Gasteiger partial charge in [0.1, 0.15) is 11.9 Å². The van der Waals surface area contributed by atoms with Crippen LogP contribution in [0, 0.1) is 18.7 Å². The zero-order chi connectivity index (χ0) is 18.0. The molecule has 0 radical (unpaired) electrons. The van der Waals surface area contributed by atoms with E-state index in [0.717, 1.165) is 31.5 Å². The maximum absolute atomic E-state index is 13.6. The Morgan fingerprint density at radius 3 is 2.40 bits per heavy atom. The zero-order valence-corrected chi connectivity index (χ0v) is 14.6. The highest BCUT2D eigenvalue weighted by molar-refractivity contribution is 5.79. The lowest BCUT2D eigenvalue weighted by Gasteiger charge is -2.36. The Kier molecular flexibility index (Phi) is 5.37. The number of hydrogen-bond acceptors (Lipinski definition) is 3. The van der Waals surface area contributed by atoms with Gasteiger partial charge in [0.25, 0.3) is 0 Å². The summed E-state index contributed by atoms with van der Waals surface area (Å²) >= 11 is 0. The van der Waals surface area contributed by atoms with Crippen LogP contribution in [0.2, 0.25) is 0 Å². The van der Waals surface area contributed by atoms with Crippen LogP contribution >= 0.6 is 0 Å². The molecule has 1 aromatic carbocycles. The van der Waals surface area contributed by atoms with Gasteiger partial charge < -0.3 is 10.0 Å². The predicted molar refractivity (Wildman–Crippen MR) is 91.6 cm³/mol. The Labute approximate surface area is 147 Å². The largest absolute Gasteiger partial charge is 0.480 e. The third kappa shape index (κ3) is 3.84. The van der Waals surface area contributed by atoms with E-state index in [4.69, 9.17) is 0 Å². The lowest BCUT2D eigenvalue weighted by Crippen LogP contribution is -2.44. The maximum Gasteiger partial charge on any atom is 0.325 e. The van der Waals surface area contributed by atoms with Crippen molar-refractivity contribution in [1.82, 2.24) is 9.80 Å². The number of aryl methyl sites for hydroxylation is 1. The van der Waals surface area contributed by atoms with E-state index in [0.29, 0.717) is 31.5 Å². The average Bonchev–Trinajstić information content (AvgIpc) is 3.12. The Hall–Kier alpha value is -1.95. The second-order valence-corrected chi connectivity index (χ2v) is 7.08. The molecule has 0 spiro atoms. The van der Waals surface area contributed by atoms with Crippen LogP contribution in [-0.4, -0.2) is 53.0 Å². The van der Waals surface area contributed by atoms with E-state index in [-0.39, 0.29) is 11.8 Å². The number of carbonyl (C=O) groups excluding carboxylic acids is 1. The summed E-state index contributed by atoms with van der Waals surface area (Å²) < 4.78 is 13.6. The molecule has 6 heteroatoms. The van der Waals surface area contributed by atoms with Gasteiger partial charge in [-0.2, -0.15) is 0 Å². The van der Waals surface area contributed by atoms with Gasteiger partial charge >= 0.3 is 5.97 Å². The smallest absolute Gasteiger partial charge is 0.325 e. The first-order valence-corrected chi connectivity index (χ1v) is 8.99. The summed E-state index contributed by atoms with van der Waals surface area (Å²) in [5, 5.41) is 9.70. The lowest BCUT2D eigenvalue weighted by molar-refractivity contribution is -0.145. The van der Waals surface area contributed by atoms with Gasteiger partial charge in [-0.25, -0.2) is 4.39 Å². The molecular weight excluding hydrogens is 323 g/mol. The number of aliphatic carboxylic acids is 1. The molecule has 2 aliphatic heterocycles. The Morgan fingerprint density at radius 1 is 1.16 bits per heavy atom. The third-order valence-electron chi connectivity index (χ3n) is 5.43. The first-order valence-electron chi connectivity index (χ1n) is 8.99. The number of carboxylic acid groups (broad SMARTS) is 1. The average molecular weight is 348 g/mol. The number of hydrogen-bond donors (Lipinski definition) is 1. The highest BCUT2D eigenvalue weighted by atomic mass is 19.1. The SMILES string of the molecule is Cc1ccc(F)cc1[C@H](C(=O)O)N1CCC(C(=O)N2CCCC2)CC1. The van der Waals surface area contributed by atoms with Gasteiger partial charge in [-0.3, -0.25) is 14.5 Å². The first-order chi connectivity index (χ1) is 12.0. The van der Waals surface area contributed by atoms with Crippen LogP contribution in [0.15, 0.2) is 18.2 Å². The van der Waals surface area contributed by atoms with E-state index >= 15 is 0 Å². The topological polar surface area (TPSA) is 60.9 Å². The van der Waals surface area contributed by atoms with Gasteiger partial charge in [0.05, 0.1) is 0 Å². The minimum atomic E-state index is -0.974. The molecule has 1 aromatic rings. The number of benzene rings is 1. The van der Waals surface area contributed by atoms with Crippen molar-refractivity contribution in [3.63, 3.8) is 0 Å². The van der Waals surface area contributed by atoms with Crippen molar-refractivity contribution in [3.8, 4) is 0 Å². The summed E-state index contributed by atoms with van der Waals surface area (Å²) in [5.74, 6) is -1.20. The lowest BCUT2D eigenvalue weighted by atomic mass is 9.92. The van der Waals surface area contributed by atoms with Crippen LogP contribution in [0.4, 0.5) is 4.39 Å². The molecular formula is C19H25FN2O3. The van der Waals surface area contributed by atoms with E-state index in [2.05, 4.69) is 0 Å². The fourth-order valence-electron chi connectivity index (χ4n) is 3.99. The van der Waals surface area contributed by atoms with E-state index < -0.39 is 17.8 Å². The second-order valence-electron chi connectivity index (χ2n) is 7.08. The normalized spacial score (nSPS) is 20.6. The number of halogens is 1. The highest BCUT2D eigenvalue weighted by Crippen LogP contribution is 2.30. The summed E-state index contributed by atoms with van der Waals surface area (Å²) in [5.41, 5.74) is 1.26.